The zero-order valence-electron chi connectivity index (χ0n) is 15.5. The Morgan fingerprint density at radius 1 is 1.27 bits per heavy atom. The van der Waals surface area contributed by atoms with Gasteiger partial charge in [-0.05, 0) is 42.0 Å². The number of nitrogens with two attached hydrogens (primary N) is 1. The van der Waals surface area contributed by atoms with E-state index in [0.29, 0.717) is 5.69 Å². The Balaban J connectivity index is 2.17. The van der Waals surface area contributed by atoms with Crippen molar-refractivity contribution >= 4 is 28.4 Å². The van der Waals surface area contributed by atoms with E-state index in [1.165, 1.54) is 43.5 Å². The van der Waals surface area contributed by atoms with E-state index in [2.05, 4.69) is 11.7 Å². The molecular formula is C18H15N4O7S-. The first-order valence-electron chi connectivity index (χ1n) is 8.21. The predicted octanol–water partition coefficient (Wildman–Crippen LogP) is -0.957. The number of primary sulfonamides is 1. The number of nitrogens with zero attached hydrogens (tertiary/aromatic N) is 2. The Kier molecular flexibility index (Phi) is 5.20. The second-order valence-electron chi connectivity index (χ2n) is 6.16. The fourth-order valence-corrected chi connectivity index (χ4v) is 3.27. The molecule has 0 saturated carbocycles. The number of nitro benzene ring substituents is 1. The van der Waals surface area contributed by atoms with Gasteiger partial charge in [-0.15, -0.1) is 0 Å². The molecule has 0 amide bonds. The molecule has 0 aliphatic heterocycles. The maximum Gasteiger partial charge on any atom is 0.279 e. The number of aromatic amines is 1. The van der Waals surface area contributed by atoms with Crippen LogP contribution in [0.2, 0.25) is 0 Å². The Hall–Kier alpha value is -3.90. The SMILES string of the molecule is C=c1[nH]n(-c2ccc(S(N)(=O)=O)cc2)c(=O)/c1=C/c1cc(OC)c([O-])c([N+](=O)[O-])c1. The van der Waals surface area contributed by atoms with Crippen molar-refractivity contribution in [2.45, 2.75) is 4.90 Å². The van der Waals surface area contributed by atoms with E-state index in [1.807, 2.05) is 0 Å². The number of hydrogen-bond donors (Lipinski definition) is 2. The highest BCUT2D eigenvalue weighted by Gasteiger charge is 2.14. The molecule has 12 heteroatoms. The molecule has 1 heterocycles. The van der Waals surface area contributed by atoms with Crippen LogP contribution in [0.1, 0.15) is 5.56 Å². The number of ether oxygens (including phenoxy) is 1. The number of methoxy groups -OCH3 is 1. The second-order valence-corrected chi connectivity index (χ2v) is 7.72. The molecule has 0 unspecified atom stereocenters. The number of aromatic nitrogens is 2. The average Bonchev–Trinajstić information content (AvgIpc) is 2.96. The molecule has 0 spiro atoms. The normalized spacial score (nSPS) is 12.1. The van der Waals surface area contributed by atoms with Crippen molar-refractivity contribution in [3.8, 4) is 17.2 Å². The van der Waals surface area contributed by atoms with Gasteiger partial charge in [0.2, 0.25) is 10.0 Å². The molecule has 11 nitrogen and oxygen atoms in total. The lowest BCUT2D eigenvalue weighted by Crippen LogP contribution is -2.34. The van der Waals surface area contributed by atoms with Gasteiger partial charge in [0.1, 0.15) is 5.75 Å². The van der Waals surface area contributed by atoms with Gasteiger partial charge in [0, 0.05) is 11.8 Å². The van der Waals surface area contributed by atoms with Crippen LogP contribution in [-0.4, -0.2) is 30.2 Å². The summed E-state index contributed by atoms with van der Waals surface area (Å²) < 4.78 is 28.7. The van der Waals surface area contributed by atoms with E-state index in [9.17, 15) is 28.4 Å². The van der Waals surface area contributed by atoms with Gasteiger partial charge in [0.25, 0.3) is 11.2 Å². The highest BCUT2D eigenvalue weighted by molar-refractivity contribution is 7.89. The number of H-pyrrole nitrogens is 1. The standard InChI is InChI=1S/C18H16N4O7S/c1-10-14(7-11-8-15(22(25)26)17(23)16(9-11)29-2)18(24)21(20-10)12-3-5-13(6-4-12)30(19,27)28/h3-9,20,23H,1H2,2H3,(H2,19,27,28)/p-1/b14-7+. The molecule has 0 bridgehead atoms. The third-order valence-electron chi connectivity index (χ3n) is 4.21. The van der Waals surface area contributed by atoms with Crippen LogP contribution in [0, 0.1) is 10.1 Å². The summed E-state index contributed by atoms with van der Waals surface area (Å²) in [5, 5.41) is 31.1. The highest BCUT2D eigenvalue weighted by Crippen LogP contribution is 2.34. The first kappa shape index (κ1) is 20.8. The van der Waals surface area contributed by atoms with E-state index < -0.39 is 31.9 Å². The number of nitrogens with one attached hydrogen (secondary N) is 1. The van der Waals surface area contributed by atoms with Gasteiger partial charge >= 0.3 is 0 Å². The summed E-state index contributed by atoms with van der Waals surface area (Å²) in [7, 11) is -2.69. The van der Waals surface area contributed by atoms with Gasteiger partial charge in [-0.2, -0.15) is 0 Å². The first-order valence-corrected chi connectivity index (χ1v) is 9.76. The van der Waals surface area contributed by atoms with Gasteiger partial charge in [-0.3, -0.25) is 20.0 Å². The highest BCUT2D eigenvalue weighted by atomic mass is 32.2. The lowest BCUT2D eigenvalue weighted by molar-refractivity contribution is -0.398. The molecule has 1 aromatic heterocycles. The average molecular weight is 431 g/mol. The van der Waals surface area contributed by atoms with Crippen LogP contribution >= 0.6 is 0 Å². The molecule has 0 atom stereocenters. The predicted molar refractivity (Wildman–Crippen MR) is 105 cm³/mol. The third-order valence-corrected chi connectivity index (χ3v) is 5.14. The van der Waals surface area contributed by atoms with Crippen LogP contribution in [-0.2, 0) is 10.0 Å². The monoisotopic (exact) mass is 431 g/mol. The fraction of sp³-hybridized carbons (Fsp3) is 0.0556. The van der Waals surface area contributed by atoms with Crippen LogP contribution in [0.4, 0.5) is 5.69 Å². The summed E-state index contributed by atoms with van der Waals surface area (Å²) in [5.74, 6) is -1.12. The summed E-state index contributed by atoms with van der Waals surface area (Å²) in [4.78, 5) is 23.0. The fourth-order valence-electron chi connectivity index (χ4n) is 2.76. The lowest BCUT2D eigenvalue weighted by atomic mass is 10.1. The Morgan fingerprint density at radius 3 is 2.43 bits per heavy atom. The van der Waals surface area contributed by atoms with Gasteiger partial charge < -0.3 is 9.84 Å². The minimum atomic E-state index is -3.89. The zero-order chi connectivity index (χ0) is 22.2. The Bertz CT molecular complexity index is 1420. The molecule has 0 fully saturated rings. The quantitative estimate of drug-likeness (QED) is 0.386. The van der Waals surface area contributed by atoms with Crippen LogP contribution < -0.4 is 31.1 Å². The van der Waals surface area contributed by atoms with E-state index in [0.717, 1.165) is 10.7 Å². The van der Waals surface area contributed by atoms with Crippen LogP contribution in [0.3, 0.4) is 0 Å². The molecule has 0 aliphatic rings. The topological polar surface area (TPSA) is 173 Å². The maximum atomic E-state index is 12.8. The maximum absolute atomic E-state index is 12.8. The van der Waals surface area contributed by atoms with Crippen molar-refractivity contribution in [3.05, 3.63) is 73.0 Å². The van der Waals surface area contributed by atoms with Crippen LogP contribution in [0.15, 0.2) is 46.1 Å². The minimum Gasteiger partial charge on any atom is -0.865 e. The lowest BCUT2D eigenvalue weighted by Gasteiger charge is -2.13. The molecule has 156 valence electrons. The van der Waals surface area contributed by atoms with E-state index in [1.54, 1.807) is 0 Å². The molecule has 3 rings (SSSR count). The molecule has 30 heavy (non-hydrogen) atoms. The minimum absolute atomic E-state index is 0.0838. The van der Waals surface area contributed by atoms with Crippen molar-refractivity contribution < 1.29 is 23.2 Å². The van der Waals surface area contributed by atoms with Gasteiger partial charge in [-0.25, -0.2) is 18.2 Å². The summed E-state index contributed by atoms with van der Waals surface area (Å²) in [5.41, 5.74) is -0.733. The number of sulfonamides is 1. The van der Waals surface area contributed by atoms with E-state index in [4.69, 9.17) is 9.88 Å². The summed E-state index contributed by atoms with van der Waals surface area (Å²) in [6.07, 6.45) is 1.32. The van der Waals surface area contributed by atoms with Crippen molar-refractivity contribution in [3.63, 3.8) is 0 Å². The summed E-state index contributed by atoms with van der Waals surface area (Å²) >= 11 is 0. The molecule has 0 saturated heterocycles. The number of hydrogen-bond acceptors (Lipinski definition) is 7. The van der Waals surface area contributed by atoms with Crippen LogP contribution in [0.5, 0.6) is 11.5 Å². The first-order chi connectivity index (χ1) is 14.0. The van der Waals surface area contributed by atoms with Gasteiger partial charge in [-0.1, -0.05) is 6.58 Å². The molecule has 3 N–H and O–H groups in total. The van der Waals surface area contributed by atoms with Gasteiger partial charge in [0.15, 0.2) is 0 Å². The van der Waals surface area contributed by atoms with Gasteiger partial charge in [0.05, 0.1) is 33.2 Å². The third kappa shape index (κ3) is 3.81. The van der Waals surface area contributed by atoms with Crippen LogP contribution in [0.25, 0.3) is 18.3 Å². The smallest absolute Gasteiger partial charge is 0.279 e. The van der Waals surface area contributed by atoms with Crippen molar-refractivity contribution in [1.29, 1.82) is 0 Å². The molecular weight excluding hydrogens is 416 g/mol. The second kappa shape index (κ2) is 7.50. The van der Waals surface area contributed by atoms with Crippen molar-refractivity contribution in [1.82, 2.24) is 9.78 Å². The van der Waals surface area contributed by atoms with Crippen molar-refractivity contribution in [2.24, 2.45) is 5.14 Å². The van der Waals surface area contributed by atoms with Crippen molar-refractivity contribution in [2.75, 3.05) is 7.11 Å². The Labute approximate surface area is 169 Å². The van der Waals surface area contributed by atoms with E-state index >= 15 is 0 Å². The number of benzene rings is 2. The number of rotatable bonds is 5. The molecule has 3 aromatic rings. The molecule has 0 radical (unpaired) electrons. The molecule has 0 aliphatic carbocycles. The zero-order valence-corrected chi connectivity index (χ0v) is 16.3. The molecule has 2 aromatic carbocycles. The summed E-state index contributed by atoms with van der Waals surface area (Å²) in [6.45, 7) is 3.75. The largest absolute Gasteiger partial charge is 0.865 e. The number of nitro groups is 1. The summed E-state index contributed by atoms with van der Waals surface area (Å²) in [6, 6.07) is 7.53. The Morgan fingerprint density at radius 2 is 1.90 bits per heavy atom. The van der Waals surface area contributed by atoms with E-state index in [-0.39, 0.29) is 26.8 Å².